The molecule has 0 aliphatic rings. The number of hydrogen-bond donors (Lipinski definition) is 2. The highest BCUT2D eigenvalue weighted by molar-refractivity contribution is 5.78. The Labute approximate surface area is 183 Å². The highest BCUT2D eigenvalue weighted by atomic mass is 16.2. The number of amides is 1. The lowest BCUT2D eigenvalue weighted by molar-refractivity contribution is -0.118. The summed E-state index contributed by atoms with van der Waals surface area (Å²) in [7, 11) is 0. The molecule has 1 amide bonds. The number of nitrogens with zero attached hydrogens (tertiary/aromatic N) is 2. The fraction of sp³-hybridized carbons (Fsp3) is 0.400. The monoisotopic (exact) mass is 420 g/mol. The van der Waals surface area contributed by atoms with Gasteiger partial charge in [-0.3, -0.25) is 14.2 Å². The van der Waals surface area contributed by atoms with Gasteiger partial charge in [0.15, 0.2) is 0 Å². The molecule has 2 aromatic carbocycles. The highest BCUT2D eigenvalue weighted by Crippen LogP contribution is 2.27. The first-order valence-corrected chi connectivity index (χ1v) is 10.7. The lowest BCUT2D eigenvalue weighted by Crippen LogP contribution is -2.34. The Bertz CT molecular complexity index is 1120. The molecule has 0 aliphatic carbocycles. The normalized spacial score (nSPS) is 13.0. The average molecular weight is 421 g/mol. The third-order valence-corrected chi connectivity index (χ3v) is 5.54. The minimum absolute atomic E-state index is 0.0689. The number of rotatable bonds is 7. The van der Waals surface area contributed by atoms with Crippen LogP contribution in [0, 0.1) is 5.92 Å². The molecule has 1 atom stereocenters. The lowest BCUT2D eigenvalue weighted by Gasteiger charge is -2.25. The Morgan fingerprint density at radius 1 is 1.10 bits per heavy atom. The van der Waals surface area contributed by atoms with Gasteiger partial charge < -0.3 is 11.1 Å². The fourth-order valence-corrected chi connectivity index (χ4v) is 3.80. The highest BCUT2D eigenvalue weighted by Gasteiger charge is 2.20. The zero-order chi connectivity index (χ0) is 22.8. The molecule has 0 spiro atoms. The van der Waals surface area contributed by atoms with Gasteiger partial charge in [-0.15, -0.1) is 0 Å². The molecule has 0 fully saturated rings. The molecule has 3 N–H and O–H groups in total. The van der Waals surface area contributed by atoms with Gasteiger partial charge in [-0.1, -0.05) is 71.0 Å². The van der Waals surface area contributed by atoms with E-state index in [1.54, 1.807) is 18.2 Å². The van der Waals surface area contributed by atoms with Crippen LogP contribution in [-0.4, -0.2) is 15.5 Å². The van der Waals surface area contributed by atoms with Crippen LogP contribution >= 0.6 is 0 Å². The van der Waals surface area contributed by atoms with Crippen molar-refractivity contribution in [3.63, 3.8) is 0 Å². The number of nitrogens with one attached hydrogen (secondary N) is 1. The van der Waals surface area contributed by atoms with Gasteiger partial charge in [0.25, 0.3) is 5.56 Å². The minimum Gasteiger partial charge on any atom is -0.368 e. The number of para-hydroxylation sites is 1. The number of hydrogen-bond acceptors (Lipinski definition) is 4. The molecular formula is C25H32N4O2. The summed E-state index contributed by atoms with van der Waals surface area (Å²) in [6.45, 7) is 11.0. The summed E-state index contributed by atoms with van der Waals surface area (Å²) in [5.41, 5.74) is 8.32. The van der Waals surface area contributed by atoms with Gasteiger partial charge in [0.05, 0.1) is 17.4 Å². The maximum atomic E-state index is 13.0. The zero-order valence-corrected chi connectivity index (χ0v) is 19.0. The van der Waals surface area contributed by atoms with E-state index in [2.05, 4.69) is 69.2 Å². The summed E-state index contributed by atoms with van der Waals surface area (Å²) in [4.78, 5) is 29.2. The van der Waals surface area contributed by atoms with Gasteiger partial charge in [-0.2, -0.15) is 0 Å². The second-order valence-electron chi connectivity index (χ2n) is 9.38. The van der Waals surface area contributed by atoms with Gasteiger partial charge in [-0.25, -0.2) is 4.98 Å². The average Bonchev–Trinajstić information content (AvgIpc) is 2.70. The van der Waals surface area contributed by atoms with E-state index in [9.17, 15) is 9.59 Å². The van der Waals surface area contributed by atoms with E-state index in [1.807, 2.05) is 6.07 Å². The first kappa shape index (κ1) is 22.7. The molecule has 0 unspecified atom stereocenters. The van der Waals surface area contributed by atoms with Crippen LogP contribution in [0.1, 0.15) is 57.6 Å². The van der Waals surface area contributed by atoms with Crippen molar-refractivity contribution >= 4 is 16.8 Å². The van der Waals surface area contributed by atoms with Crippen molar-refractivity contribution in [2.24, 2.45) is 11.7 Å². The van der Waals surface area contributed by atoms with Crippen LogP contribution in [0.25, 0.3) is 10.9 Å². The summed E-state index contributed by atoms with van der Waals surface area (Å²) in [5.74, 6) is 0.246. The van der Waals surface area contributed by atoms with Crippen molar-refractivity contribution < 1.29 is 4.79 Å². The fourth-order valence-electron chi connectivity index (χ4n) is 3.80. The maximum absolute atomic E-state index is 13.0. The van der Waals surface area contributed by atoms with E-state index >= 15 is 0 Å². The summed E-state index contributed by atoms with van der Waals surface area (Å²) < 4.78 is 1.37. The Hall–Kier alpha value is -2.99. The number of fused-ring (bicyclic) bond motifs is 1. The van der Waals surface area contributed by atoms with Gasteiger partial charge in [-0.05, 0) is 34.6 Å². The van der Waals surface area contributed by atoms with Crippen molar-refractivity contribution in [1.82, 2.24) is 14.9 Å². The number of carbonyl (C=O) groups is 1. The Kier molecular flexibility index (Phi) is 6.60. The van der Waals surface area contributed by atoms with E-state index in [0.717, 1.165) is 0 Å². The van der Waals surface area contributed by atoms with Gasteiger partial charge in [0.2, 0.25) is 5.91 Å². The number of nitrogens with two attached hydrogens (primary N) is 1. The van der Waals surface area contributed by atoms with Crippen molar-refractivity contribution in [3.8, 4) is 0 Å². The quantitative estimate of drug-likeness (QED) is 0.610. The number of carbonyl (C=O) groups excluding carboxylic acids is 1. The molecule has 0 saturated heterocycles. The largest absolute Gasteiger partial charge is 0.368 e. The summed E-state index contributed by atoms with van der Waals surface area (Å²) in [6.07, 6.45) is 0. The van der Waals surface area contributed by atoms with Crippen LogP contribution in [0.4, 0.5) is 0 Å². The molecule has 0 bridgehead atoms. The van der Waals surface area contributed by atoms with Crippen molar-refractivity contribution in [3.05, 3.63) is 75.8 Å². The van der Waals surface area contributed by atoms with Crippen LogP contribution in [0.2, 0.25) is 0 Å². The molecular weight excluding hydrogens is 388 g/mol. The third-order valence-electron chi connectivity index (χ3n) is 5.54. The topological polar surface area (TPSA) is 90.0 Å². The van der Waals surface area contributed by atoms with Gasteiger partial charge in [0.1, 0.15) is 12.4 Å². The number of aromatic nitrogens is 2. The van der Waals surface area contributed by atoms with Crippen LogP contribution < -0.4 is 16.6 Å². The van der Waals surface area contributed by atoms with Crippen LogP contribution in [-0.2, 0) is 23.3 Å². The second-order valence-corrected chi connectivity index (χ2v) is 9.38. The van der Waals surface area contributed by atoms with Gasteiger partial charge >= 0.3 is 0 Å². The smallest absolute Gasteiger partial charge is 0.261 e. The second kappa shape index (κ2) is 9.02. The predicted octanol–water partition coefficient (Wildman–Crippen LogP) is 3.67. The van der Waals surface area contributed by atoms with Crippen molar-refractivity contribution in [2.75, 3.05) is 0 Å². The molecule has 6 nitrogen and oxygen atoms in total. The summed E-state index contributed by atoms with van der Waals surface area (Å²) >= 11 is 0. The number of benzene rings is 2. The van der Waals surface area contributed by atoms with Crippen LogP contribution in [0.3, 0.4) is 0 Å². The first-order valence-electron chi connectivity index (χ1n) is 10.7. The lowest BCUT2D eigenvalue weighted by atomic mass is 9.85. The van der Waals surface area contributed by atoms with Crippen molar-refractivity contribution in [1.29, 1.82) is 0 Å². The maximum Gasteiger partial charge on any atom is 0.261 e. The summed E-state index contributed by atoms with van der Waals surface area (Å²) in [6, 6.07) is 15.9. The van der Waals surface area contributed by atoms with E-state index in [0.29, 0.717) is 29.2 Å². The van der Waals surface area contributed by atoms with E-state index in [-0.39, 0.29) is 23.6 Å². The molecule has 31 heavy (non-hydrogen) atoms. The Morgan fingerprint density at radius 2 is 1.74 bits per heavy atom. The standard InChI is InChI=1S/C25H32N4O2/c1-16(2)23(17-10-12-18(13-11-17)25(3,4)5)27-14-22-28-20-9-7-6-8-19(20)24(31)29(22)15-21(26)30/h6-13,16,23,27H,14-15H2,1-5H3,(H2,26,30)/t23-/m0/s1. The molecule has 3 aromatic rings. The Balaban J connectivity index is 1.93. The SMILES string of the molecule is CC(C)[C@H](NCc1nc2ccccc2c(=O)n1CC(N)=O)c1ccc(C(C)(C)C)cc1. The predicted molar refractivity (Wildman–Crippen MR) is 125 cm³/mol. The Morgan fingerprint density at radius 3 is 2.32 bits per heavy atom. The van der Waals surface area contributed by atoms with E-state index in [4.69, 9.17) is 5.73 Å². The number of primary amides is 1. The molecule has 3 rings (SSSR count). The van der Waals surface area contributed by atoms with E-state index < -0.39 is 5.91 Å². The van der Waals surface area contributed by atoms with Crippen molar-refractivity contribution in [2.45, 2.75) is 59.2 Å². The van der Waals surface area contributed by atoms with Crippen LogP contribution in [0.5, 0.6) is 0 Å². The molecule has 164 valence electrons. The minimum atomic E-state index is -0.571. The molecule has 0 saturated carbocycles. The molecule has 0 aliphatic heterocycles. The van der Waals surface area contributed by atoms with E-state index in [1.165, 1.54) is 15.7 Å². The first-order chi connectivity index (χ1) is 14.6. The molecule has 6 heteroatoms. The molecule has 1 heterocycles. The summed E-state index contributed by atoms with van der Waals surface area (Å²) in [5, 5.41) is 4.02. The van der Waals surface area contributed by atoms with Gasteiger partial charge in [0, 0.05) is 6.04 Å². The zero-order valence-electron chi connectivity index (χ0n) is 19.0. The molecule has 0 radical (unpaired) electrons. The molecule has 1 aromatic heterocycles. The van der Waals surface area contributed by atoms with Crippen LogP contribution in [0.15, 0.2) is 53.3 Å². The third kappa shape index (κ3) is 5.20.